The van der Waals surface area contributed by atoms with Crippen LogP contribution < -0.4 is 10.2 Å². The summed E-state index contributed by atoms with van der Waals surface area (Å²) < 4.78 is 1.03. The van der Waals surface area contributed by atoms with Gasteiger partial charge in [0.25, 0.3) is 5.91 Å². The van der Waals surface area contributed by atoms with Crippen molar-refractivity contribution in [3.8, 4) is 0 Å². The molecular weight excluding hydrogens is 378 g/mol. The average molecular weight is 396 g/mol. The van der Waals surface area contributed by atoms with E-state index in [9.17, 15) is 4.79 Å². The summed E-state index contributed by atoms with van der Waals surface area (Å²) in [5.74, 6) is -0.153. The van der Waals surface area contributed by atoms with Gasteiger partial charge in [-0.15, -0.1) is 0 Å². The zero-order valence-electron chi connectivity index (χ0n) is 14.0. The highest BCUT2D eigenvalue weighted by Gasteiger charge is 2.15. The topological polar surface area (TPSA) is 45.2 Å². The summed E-state index contributed by atoms with van der Waals surface area (Å²) in [6.07, 6.45) is 1.64. The Morgan fingerprint density at radius 3 is 2.48 bits per heavy atom. The van der Waals surface area contributed by atoms with Crippen LogP contribution in [0.25, 0.3) is 0 Å². The number of carbonyl (C=O) groups is 1. The Hall–Kier alpha value is -2.66. The summed E-state index contributed by atoms with van der Waals surface area (Å²) in [5, 5.41) is 3.31. The molecule has 5 heteroatoms. The standard InChI is InChI=1S/C20H18BrN3O/c1-14-8-9-15(12-18(14)21)23-16-10-11-22-19(13-16)20(25)24(2)17-6-4-3-5-7-17/h3-13H,1-2H3,(H,22,23). The van der Waals surface area contributed by atoms with E-state index in [2.05, 4.69) is 26.2 Å². The zero-order chi connectivity index (χ0) is 17.8. The fourth-order valence-corrected chi connectivity index (χ4v) is 2.78. The van der Waals surface area contributed by atoms with Crippen molar-refractivity contribution in [3.05, 3.63) is 82.6 Å². The minimum absolute atomic E-state index is 0.153. The Kier molecular flexibility index (Phi) is 5.14. The number of nitrogens with one attached hydrogen (secondary N) is 1. The Labute approximate surface area is 155 Å². The van der Waals surface area contributed by atoms with E-state index < -0.39 is 0 Å². The third kappa shape index (κ3) is 4.06. The molecule has 0 saturated carbocycles. The monoisotopic (exact) mass is 395 g/mol. The molecule has 3 aromatic rings. The van der Waals surface area contributed by atoms with Gasteiger partial charge in [0.2, 0.25) is 0 Å². The molecule has 4 nitrogen and oxygen atoms in total. The average Bonchev–Trinajstić information content (AvgIpc) is 2.64. The van der Waals surface area contributed by atoms with Crippen LogP contribution in [0.15, 0.2) is 71.3 Å². The van der Waals surface area contributed by atoms with Gasteiger partial charge in [-0.1, -0.05) is 40.2 Å². The van der Waals surface area contributed by atoms with Crippen molar-refractivity contribution < 1.29 is 4.79 Å². The molecule has 0 saturated heterocycles. The predicted molar refractivity (Wildman–Crippen MR) is 106 cm³/mol. The molecule has 0 aliphatic rings. The largest absolute Gasteiger partial charge is 0.355 e. The molecule has 0 aliphatic heterocycles. The first-order chi connectivity index (χ1) is 12.0. The van der Waals surface area contributed by atoms with E-state index >= 15 is 0 Å². The maximum Gasteiger partial charge on any atom is 0.276 e. The van der Waals surface area contributed by atoms with Gasteiger partial charge in [0.1, 0.15) is 5.69 Å². The minimum atomic E-state index is -0.153. The van der Waals surface area contributed by atoms with Crippen molar-refractivity contribution in [1.29, 1.82) is 0 Å². The van der Waals surface area contributed by atoms with E-state index in [4.69, 9.17) is 0 Å². The number of aryl methyl sites for hydroxylation is 1. The van der Waals surface area contributed by atoms with Gasteiger partial charge in [-0.3, -0.25) is 9.78 Å². The molecule has 1 N–H and O–H groups in total. The molecule has 0 radical (unpaired) electrons. The van der Waals surface area contributed by atoms with Gasteiger partial charge in [0, 0.05) is 34.8 Å². The molecule has 25 heavy (non-hydrogen) atoms. The second-order valence-corrected chi connectivity index (χ2v) is 6.57. The number of rotatable bonds is 4. The number of nitrogens with zero attached hydrogens (tertiary/aromatic N) is 2. The van der Waals surface area contributed by atoms with E-state index in [1.807, 2.05) is 61.5 Å². The summed E-state index contributed by atoms with van der Waals surface area (Å²) in [6.45, 7) is 2.04. The smallest absolute Gasteiger partial charge is 0.276 e. The molecule has 3 rings (SSSR count). The number of hydrogen-bond acceptors (Lipinski definition) is 3. The Morgan fingerprint density at radius 1 is 1.04 bits per heavy atom. The van der Waals surface area contributed by atoms with Crippen LogP contribution in [0.5, 0.6) is 0 Å². The fourth-order valence-electron chi connectivity index (χ4n) is 2.40. The second kappa shape index (κ2) is 7.49. The van der Waals surface area contributed by atoms with Crippen LogP contribution in [0.4, 0.5) is 17.1 Å². The van der Waals surface area contributed by atoms with E-state index in [1.54, 1.807) is 24.2 Å². The maximum absolute atomic E-state index is 12.7. The molecule has 0 atom stereocenters. The first kappa shape index (κ1) is 17.2. The molecule has 0 fully saturated rings. The summed E-state index contributed by atoms with van der Waals surface area (Å²) in [4.78, 5) is 18.5. The van der Waals surface area contributed by atoms with Crippen LogP contribution in [0.3, 0.4) is 0 Å². The van der Waals surface area contributed by atoms with Crippen LogP contribution in [0.1, 0.15) is 16.1 Å². The molecule has 1 aromatic heterocycles. The van der Waals surface area contributed by atoms with Gasteiger partial charge >= 0.3 is 0 Å². The number of anilines is 3. The molecular formula is C20H18BrN3O. The molecule has 0 spiro atoms. The predicted octanol–water partition coefficient (Wildman–Crippen LogP) is 5.17. The Bertz CT molecular complexity index is 896. The van der Waals surface area contributed by atoms with Crippen molar-refractivity contribution in [3.63, 3.8) is 0 Å². The van der Waals surface area contributed by atoms with Crippen LogP contribution in [-0.2, 0) is 0 Å². The SMILES string of the molecule is Cc1ccc(Nc2ccnc(C(=O)N(C)c3ccccc3)c2)cc1Br. The molecule has 126 valence electrons. The molecule has 1 amide bonds. The number of benzene rings is 2. The van der Waals surface area contributed by atoms with Gasteiger partial charge in [-0.05, 0) is 48.9 Å². The van der Waals surface area contributed by atoms with Gasteiger partial charge < -0.3 is 10.2 Å². The molecule has 1 heterocycles. The second-order valence-electron chi connectivity index (χ2n) is 5.72. The number of hydrogen-bond donors (Lipinski definition) is 1. The Balaban J connectivity index is 1.81. The highest BCUT2D eigenvalue weighted by molar-refractivity contribution is 9.10. The van der Waals surface area contributed by atoms with Gasteiger partial charge in [0.15, 0.2) is 0 Å². The normalized spacial score (nSPS) is 10.4. The number of pyridine rings is 1. The van der Waals surface area contributed by atoms with Crippen LogP contribution in [0, 0.1) is 6.92 Å². The molecule has 0 aliphatic carbocycles. The van der Waals surface area contributed by atoms with Gasteiger partial charge in [-0.2, -0.15) is 0 Å². The lowest BCUT2D eigenvalue weighted by molar-refractivity contribution is 0.0988. The van der Waals surface area contributed by atoms with E-state index in [0.29, 0.717) is 5.69 Å². The number of halogens is 1. The first-order valence-electron chi connectivity index (χ1n) is 7.87. The summed E-state index contributed by atoms with van der Waals surface area (Å²) in [6, 6.07) is 19.1. The van der Waals surface area contributed by atoms with Crippen molar-refractivity contribution in [2.24, 2.45) is 0 Å². The molecule has 2 aromatic carbocycles. The fraction of sp³-hybridized carbons (Fsp3) is 0.100. The first-order valence-corrected chi connectivity index (χ1v) is 8.66. The number of carbonyl (C=O) groups excluding carboxylic acids is 1. The molecule has 0 unspecified atom stereocenters. The van der Waals surface area contributed by atoms with E-state index in [0.717, 1.165) is 21.5 Å². The zero-order valence-corrected chi connectivity index (χ0v) is 15.6. The Morgan fingerprint density at radius 2 is 1.76 bits per heavy atom. The van der Waals surface area contributed by atoms with Gasteiger partial charge in [0.05, 0.1) is 0 Å². The van der Waals surface area contributed by atoms with Crippen molar-refractivity contribution in [2.75, 3.05) is 17.3 Å². The summed E-state index contributed by atoms with van der Waals surface area (Å²) >= 11 is 3.53. The lowest BCUT2D eigenvalue weighted by Gasteiger charge is -2.17. The third-order valence-electron chi connectivity index (χ3n) is 3.89. The quantitative estimate of drug-likeness (QED) is 0.662. The van der Waals surface area contributed by atoms with Crippen LogP contribution >= 0.6 is 15.9 Å². The van der Waals surface area contributed by atoms with E-state index in [1.165, 1.54) is 5.56 Å². The summed E-state index contributed by atoms with van der Waals surface area (Å²) in [5.41, 5.74) is 4.15. The van der Waals surface area contributed by atoms with Crippen LogP contribution in [0.2, 0.25) is 0 Å². The third-order valence-corrected chi connectivity index (χ3v) is 4.74. The highest BCUT2D eigenvalue weighted by Crippen LogP contribution is 2.24. The maximum atomic E-state index is 12.7. The van der Waals surface area contributed by atoms with Gasteiger partial charge in [-0.25, -0.2) is 0 Å². The van der Waals surface area contributed by atoms with Crippen molar-refractivity contribution in [2.45, 2.75) is 6.92 Å². The number of aromatic nitrogens is 1. The summed E-state index contributed by atoms with van der Waals surface area (Å²) in [7, 11) is 1.75. The van der Waals surface area contributed by atoms with Crippen molar-refractivity contribution >= 4 is 38.9 Å². The van der Waals surface area contributed by atoms with E-state index in [-0.39, 0.29) is 5.91 Å². The lowest BCUT2D eigenvalue weighted by atomic mass is 10.2. The minimum Gasteiger partial charge on any atom is -0.355 e. The number of para-hydroxylation sites is 1. The number of amides is 1. The molecule has 0 bridgehead atoms. The van der Waals surface area contributed by atoms with Crippen LogP contribution in [-0.4, -0.2) is 17.9 Å². The van der Waals surface area contributed by atoms with Crippen molar-refractivity contribution in [1.82, 2.24) is 4.98 Å². The highest BCUT2D eigenvalue weighted by atomic mass is 79.9. The lowest BCUT2D eigenvalue weighted by Crippen LogP contribution is -2.27.